The van der Waals surface area contributed by atoms with E-state index >= 15 is 0 Å². The zero-order chi connectivity index (χ0) is 21.0. The van der Waals surface area contributed by atoms with E-state index in [1.807, 2.05) is 13.0 Å². The van der Waals surface area contributed by atoms with Gasteiger partial charge in [0.15, 0.2) is 5.12 Å². The molecule has 0 saturated heterocycles. The Morgan fingerprint density at radius 2 is 1.90 bits per heavy atom. The molecule has 1 aromatic carbocycles. The lowest BCUT2D eigenvalue weighted by Gasteiger charge is -2.62. The van der Waals surface area contributed by atoms with E-state index in [9.17, 15) is 9.90 Å². The van der Waals surface area contributed by atoms with Crippen molar-refractivity contribution >= 4 is 17.7 Å². The van der Waals surface area contributed by atoms with Gasteiger partial charge in [-0.25, -0.2) is 0 Å². The highest BCUT2D eigenvalue weighted by Crippen LogP contribution is 2.67. The van der Waals surface area contributed by atoms with Gasteiger partial charge in [0.25, 0.3) is 0 Å². The van der Waals surface area contributed by atoms with Crippen LogP contribution in [0.1, 0.15) is 64.9 Å². The predicted octanol–water partition coefficient (Wildman–Crippen LogP) is 5.94. The Kier molecular flexibility index (Phi) is 5.36. The molecule has 1 saturated carbocycles. The van der Waals surface area contributed by atoms with Crippen molar-refractivity contribution in [2.45, 2.75) is 65.4 Å². The third kappa shape index (κ3) is 3.16. The summed E-state index contributed by atoms with van der Waals surface area (Å²) in [5.41, 5.74) is 3.35. The molecule has 156 valence electrons. The van der Waals surface area contributed by atoms with Gasteiger partial charge in [-0.3, -0.25) is 4.79 Å². The van der Waals surface area contributed by atoms with Crippen LogP contribution in [0.4, 0.5) is 0 Å². The van der Waals surface area contributed by atoms with Gasteiger partial charge in [0.1, 0.15) is 0 Å². The van der Waals surface area contributed by atoms with Crippen molar-refractivity contribution in [2.75, 3.05) is 0 Å². The second-order valence-electron chi connectivity index (χ2n) is 10.2. The van der Waals surface area contributed by atoms with Crippen molar-refractivity contribution in [2.24, 2.45) is 28.6 Å². The molecule has 0 aliphatic heterocycles. The van der Waals surface area contributed by atoms with Gasteiger partial charge >= 0.3 is 0 Å². The monoisotopic (exact) mass is 410 g/mol. The Balaban J connectivity index is 1.88. The Bertz CT molecular complexity index is 855. The summed E-state index contributed by atoms with van der Waals surface area (Å²) in [6.45, 7) is 8.92. The Morgan fingerprint density at radius 3 is 2.52 bits per heavy atom. The van der Waals surface area contributed by atoms with Gasteiger partial charge in [-0.15, -0.1) is 12.6 Å². The van der Waals surface area contributed by atoms with Crippen molar-refractivity contribution in [3.05, 3.63) is 59.2 Å². The normalized spacial score (nSPS) is 39.3. The minimum Gasteiger partial charge on any atom is -0.392 e. The molecule has 0 heterocycles. The molecular formula is C26H34O2S. The highest BCUT2D eigenvalue weighted by atomic mass is 32.1. The molecule has 6 atom stereocenters. The summed E-state index contributed by atoms with van der Waals surface area (Å²) in [5.74, 6) is 1.12. The largest absolute Gasteiger partial charge is 0.392 e. The van der Waals surface area contributed by atoms with Crippen molar-refractivity contribution in [1.29, 1.82) is 0 Å². The van der Waals surface area contributed by atoms with Gasteiger partial charge in [-0.2, -0.15) is 0 Å². The van der Waals surface area contributed by atoms with Crippen LogP contribution in [-0.4, -0.2) is 16.3 Å². The number of hydrogen-bond acceptors (Lipinski definition) is 2. The average Bonchev–Trinajstić information content (AvgIpc) is 2.67. The fourth-order valence-electron chi connectivity index (χ4n) is 6.91. The molecule has 29 heavy (non-hydrogen) atoms. The maximum atomic E-state index is 12.7. The molecule has 2 nitrogen and oxygen atoms in total. The summed E-state index contributed by atoms with van der Waals surface area (Å²) in [4.78, 5) is 12.7. The standard InChI is InChI=1S/C26H34O2S/c1-16(2)18-10-12-20-19(14-18)11-13-22-25(3,24(28)29)15-21(27)23(26(20,22)4)17-8-6-5-7-9-17/h5-9,11,14,16,20-23,27H,10,12-13,15H2,1-4H3,(H,28,29)/t20-,21?,22-,23?,25+,26+/m0/s1. The third-order valence-electron chi connectivity index (χ3n) is 8.41. The van der Waals surface area contributed by atoms with Crippen LogP contribution in [0.2, 0.25) is 0 Å². The number of hydrogen-bond donors (Lipinski definition) is 2. The Morgan fingerprint density at radius 1 is 1.21 bits per heavy atom. The van der Waals surface area contributed by atoms with Crippen LogP contribution in [0.3, 0.4) is 0 Å². The van der Waals surface area contributed by atoms with E-state index in [1.165, 1.54) is 16.7 Å². The molecule has 0 spiro atoms. The Labute approximate surface area is 180 Å². The number of aliphatic hydroxyl groups excluding tert-OH is 1. The molecule has 1 fully saturated rings. The van der Waals surface area contributed by atoms with Gasteiger partial charge in [0.05, 0.1) is 6.10 Å². The van der Waals surface area contributed by atoms with Crippen LogP contribution in [0, 0.1) is 28.6 Å². The van der Waals surface area contributed by atoms with Crippen LogP contribution in [0.15, 0.2) is 53.6 Å². The SMILES string of the molecule is CC(C)C1=CC2=CC[C@@H]3[C@](C)(C(c4ccccc4)C(O)C[C@@]3(C)C(=O)S)[C@H]2CC1. The second kappa shape index (κ2) is 7.42. The molecule has 1 aromatic rings. The summed E-state index contributed by atoms with van der Waals surface area (Å²) >= 11 is 4.32. The topological polar surface area (TPSA) is 37.3 Å². The first-order chi connectivity index (χ1) is 13.7. The molecule has 2 unspecified atom stereocenters. The number of rotatable bonds is 3. The molecule has 3 aliphatic carbocycles. The fraction of sp³-hybridized carbons (Fsp3) is 0.577. The van der Waals surface area contributed by atoms with E-state index < -0.39 is 11.5 Å². The van der Waals surface area contributed by atoms with Crippen LogP contribution in [0.5, 0.6) is 0 Å². The van der Waals surface area contributed by atoms with Gasteiger partial charge in [0.2, 0.25) is 0 Å². The summed E-state index contributed by atoms with van der Waals surface area (Å²) in [5, 5.41) is 11.3. The minimum atomic E-state index is -0.605. The van der Waals surface area contributed by atoms with E-state index in [0.29, 0.717) is 18.3 Å². The molecule has 1 N–H and O–H groups in total. The molecule has 3 heteroatoms. The first-order valence-corrected chi connectivity index (χ1v) is 11.5. The smallest absolute Gasteiger partial charge is 0.192 e. The molecular weight excluding hydrogens is 376 g/mol. The first kappa shape index (κ1) is 20.9. The molecule has 0 bridgehead atoms. The number of fused-ring (bicyclic) bond motifs is 3. The zero-order valence-corrected chi connectivity index (χ0v) is 19.0. The summed E-state index contributed by atoms with van der Waals surface area (Å²) in [6, 6.07) is 10.5. The predicted molar refractivity (Wildman–Crippen MR) is 122 cm³/mol. The van der Waals surface area contributed by atoms with Crippen molar-refractivity contribution in [1.82, 2.24) is 0 Å². The second-order valence-corrected chi connectivity index (χ2v) is 10.6. The Hall–Kier alpha value is -1.32. The molecule has 0 radical (unpaired) electrons. The first-order valence-electron chi connectivity index (χ1n) is 11.1. The van der Waals surface area contributed by atoms with E-state index in [4.69, 9.17) is 0 Å². The molecule has 4 rings (SSSR count). The minimum absolute atomic E-state index is 0.0251. The van der Waals surface area contributed by atoms with Crippen LogP contribution in [0.25, 0.3) is 0 Å². The van der Waals surface area contributed by atoms with Crippen LogP contribution < -0.4 is 0 Å². The maximum absolute atomic E-state index is 12.7. The lowest BCUT2D eigenvalue weighted by molar-refractivity contribution is -0.148. The zero-order valence-electron chi connectivity index (χ0n) is 18.1. The number of allylic oxidation sites excluding steroid dienone is 4. The van der Waals surface area contributed by atoms with E-state index in [-0.39, 0.29) is 22.4 Å². The van der Waals surface area contributed by atoms with E-state index in [1.54, 1.807) is 0 Å². The van der Waals surface area contributed by atoms with E-state index in [2.05, 4.69) is 69.8 Å². The third-order valence-corrected chi connectivity index (χ3v) is 8.92. The van der Waals surface area contributed by atoms with Gasteiger partial charge in [0, 0.05) is 11.3 Å². The highest BCUT2D eigenvalue weighted by Gasteiger charge is 2.63. The molecule has 3 aliphatic rings. The van der Waals surface area contributed by atoms with Crippen molar-refractivity contribution in [3.8, 4) is 0 Å². The fourth-order valence-corrected chi connectivity index (χ4v) is 7.16. The van der Waals surface area contributed by atoms with E-state index in [0.717, 1.165) is 19.3 Å². The van der Waals surface area contributed by atoms with Gasteiger partial charge in [-0.1, -0.05) is 75.8 Å². The van der Waals surface area contributed by atoms with Gasteiger partial charge < -0.3 is 5.11 Å². The highest BCUT2D eigenvalue weighted by molar-refractivity contribution is 7.96. The van der Waals surface area contributed by atoms with Crippen LogP contribution >= 0.6 is 12.6 Å². The summed E-state index contributed by atoms with van der Waals surface area (Å²) in [7, 11) is 0. The maximum Gasteiger partial charge on any atom is 0.192 e. The number of carbonyl (C=O) groups excluding carboxylic acids is 1. The van der Waals surface area contributed by atoms with Crippen molar-refractivity contribution < 1.29 is 9.90 Å². The van der Waals surface area contributed by atoms with Crippen LogP contribution in [-0.2, 0) is 4.79 Å². The number of aliphatic hydroxyl groups is 1. The quantitative estimate of drug-likeness (QED) is 0.605. The number of thiol groups is 1. The lowest BCUT2D eigenvalue weighted by atomic mass is 9.42. The molecule has 0 aromatic heterocycles. The lowest BCUT2D eigenvalue weighted by Crippen LogP contribution is -2.59. The summed E-state index contributed by atoms with van der Waals surface area (Å²) < 4.78 is 0. The van der Waals surface area contributed by atoms with Crippen molar-refractivity contribution in [3.63, 3.8) is 0 Å². The molecule has 0 amide bonds. The van der Waals surface area contributed by atoms with Gasteiger partial charge in [-0.05, 0) is 60.0 Å². The average molecular weight is 411 g/mol. The number of benzene rings is 1. The number of carbonyl (C=O) groups is 1. The summed E-state index contributed by atoms with van der Waals surface area (Å²) in [6.07, 6.45) is 7.81.